The summed E-state index contributed by atoms with van der Waals surface area (Å²) in [5.41, 5.74) is 0.687. The molecule has 2 aromatic carbocycles. The Bertz CT molecular complexity index is 1800. The Balaban J connectivity index is 1.08. The largest absolute Gasteiger partial charge is 0.354 e. The van der Waals surface area contributed by atoms with Gasteiger partial charge in [0.1, 0.15) is 17.4 Å². The van der Waals surface area contributed by atoms with Crippen molar-refractivity contribution in [1.29, 1.82) is 0 Å². The van der Waals surface area contributed by atoms with Crippen LogP contribution >= 0.6 is 0 Å². The topological polar surface area (TPSA) is 167 Å². The molecule has 0 radical (unpaired) electrons. The van der Waals surface area contributed by atoms with Gasteiger partial charge in [0.15, 0.2) is 0 Å². The quantitative estimate of drug-likeness (QED) is 0.191. The van der Waals surface area contributed by atoms with Gasteiger partial charge in [-0.3, -0.25) is 19.2 Å². The summed E-state index contributed by atoms with van der Waals surface area (Å²) in [6.07, 6.45) is 4.55. The smallest absolute Gasteiger partial charge is 0.252 e. The maximum atomic E-state index is 14.1. The minimum atomic E-state index is -1.18. The van der Waals surface area contributed by atoms with Crippen LogP contribution < -0.4 is 20.9 Å². The second kappa shape index (κ2) is 16.4. The Kier molecular flexibility index (Phi) is 11.3. The van der Waals surface area contributed by atoms with Crippen LogP contribution in [0.4, 0.5) is 5.82 Å². The molecule has 3 heterocycles. The van der Waals surface area contributed by atoms with Gasteiger partial charge in [0.25, 0.3) is 5.91 Å². The second-order valence-electron chi connectivity index (χ2n) is 12.9. The fourth-order valence-electron chi connectivity index (χ4n) is 6.62. The van der Waals surface area contributed by atoms with E-state index >= 15 is 0 Å². The fraction of sp³-hybridized carbons (Fsp3) is 0.405. The molecule has 0 spiro atoms. The number of nitrogens with zero attached hydrogens (tertiary/aromatic N) is 7. The van der Waals surface area contributed by atoms with E-state index in [4.69, 9.17) is 0 Å². The van der Waals surface area contributed by atoms with Crippen LogP contribution in [0.1, 0.15) is 54.9 Å². The molecule has 14 nitrogen and oxygen atoms in total. The van der Waals surface area contributed by atoms with Crippen molar-refractivity contribution in [2.24, 2.45) is 0 Å². The lowest BCUT2D eigenvalue weighted by atomic mass is 9.94. The predicted molar refractivity (Wildman–Crippen MR) is 190 cm³/mol. The summed E-state index contributed by atoms with van der Waals surface area (Å²) >= 11 is 0. The van der Waals surface area contributed by atoms with Gasteiger partial charge in [-0.2, -0.15) is 4.80 Å². The minimum Gasteiger partial charge on any atom is -0.354 e. The standard InChI is InChI=1S/C37H44N10O4/c1-2-47-43-33(42-44-47)28-13-10-14-29(26-28)34(49)41-37(17-7-8-18-37)36(51)40-30(25-27-11-4-3-5-12-27)35(50)39-20-16-32(48)46-23-21-45(22-24-46)31-15-6-9-19-38-31/h3-6,9-15,19,26,30H,2,7-8,16-18,20-25H2,1H3,(H,39,50)(H,40,51)(H,41,49)/t30-/m1/s1. The van der Waals surface area contributed by atoms with Crippen molar-refractivity contribution in [1.82, 2.24) is 46.0 Å². The summed E-state index contributed by atoms with van der Waals surface area (Å²) < 4.78 is 0. The highest BCUT2D eigenvalue weighted by molar-refractivity contribution is 6.01. The van der Waals surface area contributed by atoms with Gasteiger partial charge < -0.3 is 25.8 Å². The molecule has 1 saturated carbocycles. The first-order chi connectivity index (χ1) is 24.8. The zero-order valence-electron chi connectivity index (χ0n) is 28.8. The van der Waals surface area contributed by atoms with Gasteiger partial charge >= 0.3 is 0 Å². The fourth-order valence-corrected chi connectivity index (χ4v) is 6.62. The second-order valence-corrected chi connectivity index (χ2v) is 12.9. The van der Waals surface area contributed by atoms with Crippen molar-refractivity contribution < 1.29 is 19.2 Å². The van der Waals surface area contributed by atoms with Crippen molar-refractivity contribution in [2.45, 2.75) is 63.6 Å². The summed E-state index contributed by atoms with van der Waals surface area (Å²) in [5.74, 6) is 0.0550. The Morgan fingerprint density at radius 1 is 0.902 bits per heavy atom. The van der Waals surface area contributed by atoms with Gasteiger partial charge in [-0.05, 0) is 54.8 Å². The van der Waals surface area contributed by atoms with Gasteiger partial charge in [-0.1, -0.05) is 61.4 Å². The third-order valence-corrected chi connectivity index (χ3v) is 9.51. The number of pyridine rings is 1. The average Bonchev–Trinajstić information content (AvgIpc) is 3.86. The van der Waals surface area contributed by atoms with E-state index in [9.17, 15) is 19.2 Å². The zero-order chi connectivity index (χ0) is 35.6. The van der Waals surface area contributed by atoms with E-state index in [0.29, 0.717) is 62.5 Å². The van der Waals surface area contributed by atoms with E-state index in [-0.39, 0.29) is 31.2 Å². The van der Waals surface area contributed by atoms with E-state index in [1.807, 2.05) is 60.4 Å². The molecule has 2 aromatic heterocycles. The lowest BCUT2D eigenvalue weighted by molar-refractivity contribution is -0.133. The number of tetrazole rings is 1. The molecule has 6 rings (SSSR count). The van der Waals surface area contributed by atoms with Crippen LogP contribution in [-0.4, -0.2) is 98.0 Å². The van der Waals surface area contributed by atoms with Crippen molar-refractivity contribution >= 4 is 29.4 Å². The van der Waals surface area contributed by atoms with Crippen molar-refractivity contribution in [2.75, 3.05) is 37.6 Å². The third-order valence-electron chi connectivity index (χ3n) is 9.51. The van der Waals surface area contributed by atoms with Crippen molar-refractivity contribution in [3.63, 3.8) is 0 Å². The number of benzene rings is 2. The van der Waals surface area contributed by atoms with E-state index in [1.54, 1.807) is 30.5 Å². The maximum absolute atomic E-state index is 14.1. The number of hydrogen-bond acceptors (Lipinski definition) is 9. The number of aromatic nitrogens is 5. The van der Waals surface area contributed by atoms with Crippen LogP contribution in [0, 0.1) is 0 Å². The van der Waals surface area contributed by atoms with E-state index in [2.05, 4.69) is 41.2 Å². The first-order valence-corrected chi connectivity index (χ1v) is 17.6. The Hall–Kier alpha value is -5.66. The molecule has 14 heteroatoms. The highest BCUT2D eigenvalue weighted by Gasteiger charge is 2.44. The highest BCUT2D eigenvalue weighted by atomic mass is 16.2. The first-order valence-electron chi connectivity index (χ1n) is 17.6. The summed E-state index contributed by atoms with van der Waals surface area (Å²) in [5, 5.41) is 21.3. The SMILES string of the molecule is CCn1nnc(-c2cccc(C(=O)NC3(C(=O)N[C@H](Cc4ccccc4)C(=O)NCCC(=O)N4CCN(c5ccccn5)CC4)CCCC3)c2)n1. The molecule has 1 saturated heterocycles. The lowest BCUT2D eigenvalue weighted by Gasteiger charge is -2.35. The van der Waals surface area contributed by atoms with Gasteiger partial charge in [0.2, 0.25) is 23.5 Å². The molecule has 1 aliphatic carbocycles. The van der Waals surface area contributed by atoms with Crippen LogP contribution in [-0.2, 0) is 27.3 Å². The Morgan fingerprint density at radius 2 is 1.67 bits per heavy atom. The third kappa shape index (κ3) is 8.74. The minimum absolute atomic E-state index is 0.0398. The monoisotopic (exact) mass is 692 g/mol. The summed E-state index contributed by atoms with van der Waals surface area (Å²) in [7, 11) is 0. The number of anilines is 1. The highest BCUT2D eigenvalue weighted by Crippen LogP contribution is 2.31. The van der Waals surface area contributed by atoms with Gasteiger partial charge in [0.05, 0.1) is 6.54 Å². The van der Waals surface area contributed by atoms with E-state index in [0.717, 1.165) is 24.2 Å². The average molecular weight is 693 g/mol. The molecule has 4 amide bonds. The number of carbonyl (C=O) groups excluding carboxylic acids is 4. The van der Waals surface area contributed by atoms with E-state index < -0.39 is 23.4 Å². The molecule has 0 unspecified atom stereocenters. The van der Waals surface area contributed by atoms with Crippen LogP contribution in [0.25, 0.3) is 11.4 Å². The summed E-state index contributed by atoms with van der Waals surface area (Å²) in [6.45, 7) is 5.13. The number of rotatable bonds is 13. The van der Waals surface area contributed by atoms with Crippen LogP contribution in [0.2, 0.25) is 0 Å². The van der Waals surface area contributed by atoms with E-state index in [1.165, 1.54) is 4.80 Å². The van der Waals surface area contributed by atoms with Crippen molar-refractivity contribution in [3.8, 4) is 11.4 Å². The van der Waals surface area contributed by atoms with Gasteiger partial charge in [-0.15, -0.1) is 10.2 Å². The molecule has 0 bridgehead atoms. The molecule has 3 N–H and O–H groups in total. The van der Waals surface area contributed by atoms with Gasteiger partial charge in [-0.25, -0.2) is 4.98 Å². The zero-order valence-corrected chi connectivity index (χ0v) is 28.8. The maximum Gasteiger partial charge on any atom is 0.252 e. The van der Waals surface area contributed by atoms with Crippen LogP contribution in [0.5, 0.6) is 0 Å². The number of aryl methyl sites for hydroxylation is 1. The Morgan fingerprint density at radius 3 is 2.37 bits per heavy atom. The molecule has 51 heavy (non-hydrogen) atoms. The molecule has 4 aromatic rings. The molecule has 1 atom stereocenters. The first kappa shape index (κ1) is 35.2. The van der Waals surface area contributed by atoms with Crippen molar-refractivity contribution in [3.05, 3.63) is 90.1 Å². The summed E-state index contributed by atoms with van der Waals surface area (Å²) in [6, 6.07) is 21.2. The van der Waals surface area contributed by atoms with Gasteiger partial charge in [0, 0.05) is 62.9 Å². The van der Waals surface area contributed by atoms with Crippen LogP contribution in [0.15, 0.2) is 79.0 Å². The molecule has 266 valence electrons. The molecular weight excluding hydrogens is 648 g/mol. The number of nitrogens with one attached hydrogen (secondary N) is 3. The Labute approximate surface area is 297 Å². The lowest BCUT2D eigenvalue weighted by Crippen LogP contribution is -2.61. The normalized spacial score (nSPS) is 15.9. The van der Waals surface area contributed by atoms with Crippen LogP contribution in [0.3, 0.4) is 0 Å². The number of carbonyl (C=O) groups is 4. The predicted octanol–water partition coefficient (Wildman–Crippen LogP) is 2.38. The summed E-state index contributed by atoms with van der Waals surface area (Å²) in [4.78, 5) is 64.2. The molecule has 1 aliphatic heterocycles. The molecule has 2 aliphatic rings. The number of hydrogen-bond donors (Lipinski definition) is 3. The molecule has 2 fully saturated rings. The number of amides is 4. The number of piperazine rings is 1. The molecular formula is C37H44N10O4.